The number of nitrogen functional groups attached to an aromatic ring is 1. The van der Waals surface area contributed by atoms with Gasteiger partial charge in [0, 0.05) is 33.5 Å². The Kier molecular flexibility index (Phi) is 6.51. The Hall–Kier alpha value is -2.61. The third kappa shape index (κ3) is 4.53. The zero-order chi connectivity index (χ0) is 24.7. The Labute approximate surface area is 212 Å². The van der Waals surface area contributed by atoms with E-state index in [2.05, 4.69) is 10.3 Å². The fraction of sp³-hybridized carbons (Fsp3) is 0.346. The number of ether oxygens (including phenoxy) is 2. The molecule has 2 aliphatic heterocycles. The van der Waals surface area contributed by atoms with Crippen LogP contribution in [-0.4, -0.2) is 23.7 Å². The van der Waals surface area contributed by atoms with Gasteiger partial charge in [-0.05, 0) is 76.0 Å². The molecular formula is C26H25Cl2F2N3O2. The van der Waals surface area contributed by atoms with Crippen LogP contribution in [0.25, 0.3) is 11.1 Å². The van der Waals surface area contributed by atoms with Crippen LogP contribution in [0.4, 0.5) is 14.6 Å². The summed E-state index contributed by atoms with van der Waals surface area (Å²) >= 11 is 12.3. The molecule has 3 aromatic rings. The normalized spacial score (nSPS) is 17.5. The van der Waals surface area contributed by atoms with Gasteiger partial charge in [0.25, 0.3) is 0 Å². The Bertz CT molecular complexity index is 1280. The minimum Gasteiger partial charge on any atom is -0.487 e. The lowest BCUT2D eigenvalue weighted by Gasteiger charge is -2.41. The quantitative estimate of drug-likeness (QED) is 0.385. The first-order valence-corrected chi connectivity index (χ1v) is 12.3. The number of anilines is 1. The van der Waals surface area contributed by atoms with E-state index in [4.69, 9.17) is 38.4 Å². The van der Waals surface area contributed by atoms with Gasteiger partial charge in [0.05, 0.1) is 5.02 Å². The van der Waals surface area contributed by atoms with Gasteiger partial charge in [0.15, 0.2) is 11.6 Å². The van der Waals surface area contributed by atoms with Crippen LogP contribution >= 0.6 is 23.2 Å². The molecule has 1 saturated heterocycles. The van der Waals surface area contributed by atoms with E-state index in [0.717, 1.165) is 32.4 Å². The molecule has 2 aromatic carbocycles. The molecule has 1 fully saturated rings. The summed E-state index contributed by atoms with van der Waals surface area (Å²) in [5.41, 5.74) is 7.55. The van der Waals surface area contributed by atoms with E-state index in [1.165, 1.54) is 18.3 Å². The fourth-order valence-corrected chi connectivity index (χ4v) is 5.57. The van der Waals surface area contributed by atoms with Gasteiger partial charge < -0.3 is 20.5 Å². The molecule has 184 valence electrons. The summed E-state index contributed by atoms with van der Waals surface area (Å²) in [6.07, 6.45) is 3.98. The highest BCUT2D eigenvalue weighted by Gasteiger charge is 2.38. The van der Waals surface area contributed by atoms with Gasteiger partial charge in [-0.3, -0.25) is 0 Å². The summed E-state index contributed by atoms with van der Waals surface area (Å²) < 4.78 is 41.9. The molecule has 3 heterocycles. The Morgan fingerprint density at radius 3 is 2.69 bits per heavy atom. The minimum atomic E-state index is -0.729. The molecule has 0 unspecified atom stereocenters. The Morgan fingerprint density at radius 1 is 1.14 bits per heavy atom. The SMILES string of the molecule is C[C@@H](Oc1cc(-c2ccc3c(c2F)CCC2(CCNCC2)O3)cnc1N)c1c(Cl)ccc(F)c1Cl. The molecule has 0 saturated carbocycles. The molecule has 0 bridgehead atoms. The van der Waals surface area contributed by atoms with Crippen molar-refractivity contribution in [1.29, 1.82) is 0 Å². The maximum Gasteiger partial charge on any atom is 0.166 e. The minimum absolute atomic E-state index is 0.110. The Morgan fingerprint density at radius 2 is 1.91 bits per heavy atom. The number of fused-ring (bicyclic) bond motifs is 1. The van der Waals surface area contributed by atoms with Gasteiger partial charge in [-0.2, -0.15) is 0 Å². The third-order valence-electron chi connectivity index (χ3n) is 6.85. The van der Waals surface area contributed by atoms with E-state index >= 15 is 4.39 Å². The lowest BCUT2D eigenvalue weighted by Crippen LogP contribution is -2.48. The van der Waals surface area contributed by atoms with E-state index in [9.17, 15) is 4.39 Å². The number of hydrogen-bond donors (Lipinski definition) is 2. The summed E-state index contributed by atoms with van der Waals surface area (Å²) in [5.74, 6) is -0.0189. The van der Waals surface area contributed by atoms with Crippen molar-refractivity contribution in [2.75, 3.05) is 18.8 Å². The fourth-order valence-electron chi connectivity index (χ4n) is 4.89. The highest BCUT2D eigenvalue weighted by Crippen LogP contribution is 2.42. The molecule has 9 heteroatoms. The summed E-state index contributed by atoms with van der Waals surface area (Å²) in [5, 5.41) is 3.49. The van der Waals surface area contributed by atoms with Crippen molar-refractivity contribution in [3.63, 3.8) is 0 Å². The molecule has 0 amide bonds. The summed E-state index contributed by atoms with van der Waals surface area (Å²) in [4.78, 5) is 4.19. The lowest BCUT2D eigenvalue weighted by molar-refractivity contribution is 0.0161. The second kappa shape index (κ2) is 9.45. The molecule has 1 aromatic heterocycles. The first-order valence-electron chi connectivity index (χ1n) is 11.5. The van der Waals surface area contributed by atoms with Crippen LogP contribution in [0.15, 0.2) is 36.5 Å². The van der Waals surface area contributed by atoms with Gasteiger partial charge in [-0.25, -0.2) is 13.8 Å². The van der Waals surface area contributed by atoms with Crippen LogP contribution in [0.1, 0.15) is 43.4 Å². The van der Waals surface area contributed by atoms with Crippen molar-refractivity contribution in [3.05, 3.63) is 69.3 Å². The topological polar surface area (TPSA) is 69.4 Å². The van der Waals surface area contributed by atoms with Gasteiger partial charge in [0.2, 0.25) is 0 Å². The zero-order valence-electron chi connectivity index (χ0n) is 19.1. The molecule has 35 heavy (non-hydrogen) atoms. The second-order valence-corrected chi connectivity index (χ2v) is 9.85. The molecule has 5 rings (SSSR count). The van der Waals surface area contributed by atoms with E-state index in [0.29, 0.717) is 34.4 Å². The molecule has 2 aliphatic rings. The predicted molar refractivity (Wildman–Crippen MR) is 133 cm³/mol. The maximum atomic E-state index is 15.6. The molecule has 0 aliphatic carbocycles. The highest BCUT2D eigenvalue weighted by molar-refractivity contribution is 6.36. The van der Waals surface area contributed by atoms with Crippen LogP contribution in [0.2, 0.25) is 10.0 Å². The molecule has 0 radical (unpaired) electrons. The predicted octanol–water partition coefficient (Wildman–Crippen LogP) is 6.50. The summed E-state index contributed by atoms with van der Waals surface area (Å²) in [7, 11) is 0. The average molecular weight is 520 g/mol. The number of nitrogens with zero attached hydrogens (tertiary/aromatic N) is 1. The van der Waals surface area contributed by atoms with Crippen LogP contribution in [0, 0.1) is 11.6 Å². The molecule has 1 spiro atoms. The number of nitrogens with one attached hydrogen (secondary N) is 1. The molecule has 1 atom stereocenters. The van der Waals surface area contributed by atoms with E-state index in [1.54, 1.807) is 19.1 Å². The van der Waals surface area contributed by atoms with Crippen molar-refractivity contribution >= 4 is 29.0 Å². The molecule has 5 nitrogen and oxygen atoms in total. The molecular weight excluding hydrogens is 495 g/mol. The first kappa shape index (κ1) is 24.1. The highest BCUT2D eigenvalue weighted by atomic mass is 35.5. The zero-order valence-corrected chi connectivity index (χ0v) is 20.6. The van der Waals surface area contributed by atoms with Crippen LogP contribution in [0.5, 0.6) is 11.5 Å². The number of hydrogen-bond acceptors (Lipinski definition) is 5. The largest absolute Gasteiger partial charge is 0.487 e. The van der Waals surface area contributed by atoms with Crippen molar-refractivity contribution in [1.82, 2.24) is 10.3 Å². The van der Waals surface area contributed by atoms with E-state index in [1.807, 2.05) is 6.07 Å². The second-order valence-electron chi connectivity index (χ2n) is 9.06. The van der Waals surface area contributed by atoms with Crippen molar-refractivity contribution in [3.8, 4) is 22.6 Å². The summed E-state index contributed by atoms with van der Waals surface area (Å²) in [6, 6.07) is 7.72. The van der Waals surface area contributed by atoms with Crippen molar-refractivity contribution < 1.29 is 18.3 Å². The van der Waals surface area contributed by atoms with Crippen molar-refractivity contribution in [2.45, 2.75) is 44.3 Å². The van der Waals surface area contributed by atoms with Gasteiger partial charge in [-0.15, -0.1) is 0 Å². The monoisotopic (exact) mass is 519 g/mol. The molecule has 3 N–H and O–H groups in total. The number of nitrogens with two attached hydrogens (primary N) is 1. The first-order chi connectivity index (χ1) is 16.8. The maximum absolute atomic E-state index is 15.6. The number of piperidine rings is 1. The van der Waals surface area contributed by atoms with Gasteiger partial charge in [-0.1, -0.05) is 23.2 Å². The Balaban J connectivity index is 1.44. The summed E-state index contributed by atoms with van der Waals surface area (Å²) in [6.45, 7) is 3.48. The van der Waals surface area contributed by atoms with Crippen LogP contribution in [0.3, 0.4) is 0 Å². The van der Waals surface area contributed by atoms with Crippen LogP contribution in [-0.2, 0) is 6.42 Å². The standard InChI is InChI=1S/C26H25Cl2F2N3O2/c1-14(22-18(27)3-4-19(29)23(22)28)34-21-12-15(13-33-25(21)31)16-2-5-20-17(24(16)30)6-7-26(35-20)8-10-32-11-9-26/h2-5,12-14,32H,6-11H2,1H3,(H2,31,33)/t14-/m1/s1. The number of halogens is 4. The van der Waals surface area contributed by atoms with E-state index in [-0.39, 0.29) is 33.0 Å². The van der Waals surface area contributed by atoms with Gasteiger partial charge in [0.1, 0.15) is 29.1 Å². The van der Waals surface area contributed by atoms with Gasteiger partial charge >= 0.3 is 0 Å². The average Bonchev–Trinajstić information content (AvgIpc) is 2.84. The lowest BCUT2D eigenvalue weighted by atomic mass is 9.83. The number of aromatic nitrogens is 1. The smallest absolute Gasteiger partial charge is 0.166 e. The number of benzene rings is 2. The number of pyridine rings is 1. The number of rotatable bonds is 4. The van der Waals surface area contributed by atoms with Crippen LogP contribution < -0.4 is 20.5 Å². The third-order valence-corrected chi connectivity index (χ3v) is 7.57. The van der Waals surface area contributed by atoms with E-state index < -0.39 is 11.9 Å². The van der Waals surface area contributed by atoms with Crippen molar-refractivity contribution in [2.24, 2.45) is 0 Å².